The molecule has 1 atom stereocenters. The summed E-state index contributed by atoms with van der Waals surface area (Å²) in [6, 6.07) is 8.69. The van der Waals surface area contributed by atoms with Crippen LogP contribution in [0.5, 0.6) is 11.5 Å². The summed E-state index contributed by atoms with van der Waals surface area (Å²) in [6.45, 7) is 4.96. The molecule has 0 spiro atoms. The maximum absolute atomic E-state index is 13.1. The molecule has 0 bridgehead atoms. The predicted octanol–water partition coefficient (Wildman–Crippen LogP) is 2.09. The minimum atomic E-state index is -3.64. The summed E-state index contributed by atoms with van der Waals surface area (Å²) in [4.78, 5) is 15.7. The predicted molar refractivity (Wildman–Crippen MR) is 118 cm³/mol. The van der Waals surface area contributed by atoms with Gasteiger partial charge in [-0.3, -0.25) is 9.69 Å². The zero-order chi connectivity index (χ0) is 21.8. The average molecular weight is 466 g/mol. The number of amides is 1. The van der Waals surface area contributed by atoms with Crippen molar-refractivity contribution in [2.45, 2.75) is 24.3 Å². The third kappa shape index (κ3) is 5.20. The van der Waals surface area contributed by atoms with Crippen molar-refractivity contribution in [2.75, 3.05) is 45.9 Å². The van der Waals surface area contributed by atoms with Crippen molar-refractivity contribution in [3.8, 4) is 11.5 Å². The molecular weight excluding hydrogens is 438 g/mol. The van der Waals surface area contributed by atoms with Crippen LogP contribution in [0, 0.1) is 0 Å². The molecule has 0 unspecified atom stereocenters. The van der Waals surface area contributed by atoms with Gasteiger partial charge in [-0.25, -0.2) is 8.42 Å². The number of piperazine rings is 1. The zero-order valence-electron chi connectivity index (χ0n) is 17.5. The van der Waals surface area contributed by atoms with E-state index in [1.165, 1.54) is 4.31 Å². The molecule has 2 aromatic rings. The normalized spacial score (nSPS) is 18.9. The van der Waals surface area contributed by atoms with Gasteiger partial charge in [0.2, 0.25) is 15.9 Å². The first-order valence-corrected chi connectivity index (χ1v) is 12.7. The molecule has 168 valence electrons. The molecule has 1 N–H and O–H groups in total. The van der Waals surface area contributed by atoms with Gasteiger partial charge in [-0.2, -0.15) is 4.31 Å². The molecule has 1 saturated heterocycles. The van der Waals surface area contributed by atoms with Crippen LogP contribution < -0.4 is 14.8 Å². The van der Waals surface area contributed by atoms with Crippen LogP contribution in [-0.4, -0.2) is 69.5 Å². The second kappa shape index (κ2) is 9.56. The summed E-state index contributed by atoms with van der Waals surface area (Å²) in [5.74, 6) is 0.984. The average Bonchev–Trinajstić information content (AvgIpc) is 3.19. The third-order valence-electron chi connectivity index (χ3n) is 5.40. The molecule has 0 saturated carbocycles. The van der Waals surface area contributed by atoms with Crippen molar-refractivity contribution in [1.82, 2.24) is 14.5 Å². The Labute approximate surface area is 186 Å². The van der Waals surface area contributed by atoms with Gasteiger partial charge in [-0.1, -0.05) is 6.07 Å². The van der Waals surface area contributed by atoms with Crippen LogP contribution in [-0.2, 0) is 14.8 Å². The van der Waals surface area contributed by atoms with E-state index >= 15 is 0 Å². The Morgan fingerprint density at radius 2 is 1.87 bits per heavy atom. The van der Waals surface area contributed by atoms with E-state index in [1.54, 1.807) is 29.5 Å². The van der Waals surface area contributed by atoms with Gasteiger partial charge in [-0.05, 0) is 30.5 Å². The number of ether oxygens (including phenoxy) is 2. The van der Waals surface area contributed by atoms with E-state index in [0.29, 0.717) is 50.9 Å². The van der Waals surface area contributed by atoms with Gasteiger partial charge in [-0.15, -0.1) is 11.3 Å². The number of nitrogens with zero attached hydrogens (tertiary/aromatic N) is 2. The number of carbonyl (C=O) groups is 1. The monoisotopic (exact) mass is 465 g/mol. The lowest BCUT2D eigenvalue weighted by molar-refractivity contribution is -0.123. The Hall–Kier alpha value is -2.14. The van der Waals surface area contributed by atoms with Crippen molar-refractivity contribution < 1.29 is 22.7 Å². The number of hydrogen-bond donors (Lipinski definition) is 1. The number of benzene rings is 1. The maximum Gasteiger partial charge on any atom is 0.243 e. The number of sulfonamides is 1. The topological polar surface area (TPSA) is 88.2 Å². The minimum Gasteiger partial charge on any atom is -0.490 e. The summed E-state index contributed by atoms with van der Waals surface area (Å²) in [5.41, 5.74) is 0. The first kappa shape index (κ1) is 22.1. The molecule has 3 heterocycles. The van der Waals surface area contributed by atoms with E-state index in [1.807, 2.05) is 29.3 Å². The quantitative estimate of drug-likeness (QED) is 0.703. The van der Waals surface area contributed by atoms with E-state index in [2.05, 4.69) is 5.32 Å². The fourth-order valence-electron chi connectivity index (χ4n) is 3.68. The summed E-state index contributed by atoms with van der Waals surface area (Å²) in [7, 11) is -3.64. The summed E-state index contributed by atoms with van der Waals surface area (Å²) >= 11 is 1.61. The van der Waals surface area contributed by atoms with Crippen LogP contribution in [0.2, 0.25) is 0 Å². The number of thiophene rings is 1. The fraction of sp³-hybridized carbons (Fsp3) is 0.476. The van der Waals surface area contributed by atoms with Gasteiger partial charge in [0.1, 0.15) is 0 Å². The molecular formula is C21H27N3O5S2. The van der Waals surface area contributed by atoms with Crippen molar-refractivity contribution >= 4 is 27.3 Å². The molecule has 0 radical (unpaired) electrons. The van der Waals surface area contributed by atoms with E-state index in [-0.39, 0.29) is 23.4 Å². The standard InChI is InChI=1S/C21H27N3O5S2/c1-16(20-4-2-13-30-20)22-21(25)15-23-7-9-24(10-8-23)31(26,27)17-5-6-18-19(14-17)29-12-3-11-28-18/h2,4-6,13-14,16H,3,7-12,15H2,1H3,(H,22,25)/t16-/m1/s1. The van der Waals surface area contributed by atoms with Crippen molar-refractivity contribution in [1.29, 1.82) is 0 Å². The molecule has 1 amide bonds. The largest absolute Gasteiger partial charge is 0.490 e. The summed E-state index contributed by atoms with van der Waals surface area (Å²) in [5, 5.41) is 4.99. The van der Waals surface area contributed by atoms with Gasteiger partial charge in [0.05, 0.1) is 30.7 Å². The van der Waals surface area contributed by atoms with E-state index in [0.717, 1.165) is 11.3 Å². The number of carbonyl (C=O) groups excluding carboxylic acids is 1. The highest BCUT2D eigenvalue weighted by molar-refractivity contribution is 7.89. The van der Waals surface area contributed by atoms with Crippen LogP contribution in [0.3, 0.4) is 0 Å². The Kier molecular flexibility index (Phi) is 6.80. The molecule has 0 aliphatic carbocycles. The Morgan fingerprint density at radius 3 is 2.58 bits per heavy atom. The lowest BCUT2D eigenvalue weighted by Crippen LogP contribution is -2.51. The Morgan fingerprint density at radius 1 is 1.13 bits per heavy atom. The number of nitrogens with one attached hydrogen (secondary N) is 1. The lowest BCUT2D eigenvalue weighted by Gasteiger charge is -2.33. The smallest absolute Gasteiger partial charge is 0.243 e. The summed E-state index contributed by atoms with van der Waals surface area (Å²) in [6.07, 6.45) is 0.762. The van der Waals surface area contributed by atoms with Crippen molar-refractivity contribution in [3.63, 3.8) is 0 Å². The van der Waals surface area contributed by atoms with E-state index in [9.17, 15) is 13.2 Å². The number of hydrogen-bond acceptors (Lipinski definition) is 7. The molecule has 4 rings (SSSR count). The van der Waals surface area contributed by atoms with Crippen molar-refractivity contribution in [2.24, 2.45) is 0 Å². The number of rotatable bonds is 6. The highest BCUT2D eigenvalue weighted by Gasteiger charge is 2.30. The van der Waals surface area contributed by atoms with Crippen LogP contribution in [0.4, 0.5) is 0 Å². The first-order valence-electron chi connectivity index (χ1n) is 10.4. The molecule has 31 heavy (non-hydrogen) atoms. The molecule has 1 aromatic carbocycles. The molecule has 2 aliphatic rings. The Balaban J connectivity index is 1.32. The van der Waals surface area contributed by atoms with Gasteiger partial charge < -0.3 is 14.8 Å². The van der Waals surface area contributed by atoms with E-state index in [4.69, 9.17) is 9.47 Å². The zero-order valence-corrected chi connectivity index (χ0v) is 19.1. The van der Waals surface area contributed by atoms with Gasteiger partial charge in [0.25, 0.3) is 0 Å². The molecule has 1 fully saturated rings. The minimum absolute atomic E-state index is 0.0337. The molecule has 1 aromatic heterocycles. The van der Waals surface area contributed by atoms with Crippen LogP contribution in [0.25, 0.3) is 0 Å². The van der Waals surface area contributed by atoms with Gasteiger partial charge in [0.15, 0.2) is 11.5 Å². The highest BCUT2D eigenvalue weighted by Crippen LogP contribution is 2.33. The van der Waals surface area contributed by atoms with Gasteiger partial charge in [0, 0.05) is 43.5 Å². The fourth-order valence-corrected chi connectivity index (χ4v) is 5.85. The van der Waals surface area contributed by atoms with E-state index < -0.39 is 10.0 Å². The third-order valence-corrected chi connectivity index (χ3v) is 8.35. The van der Waals surface area contributed by atoms with Crippen LogP contribution in [0.1, 0.15) is 24.3 Å². The number of fused-ring (bicyclic) bond motifs is 1. The van der Waals surface area contributed by atoms with Crippen molar-refractivity contribution in [3.05, 3.63) is 40.6 Å². The first-order chi connectivity index (χ1) is 14.9. The molecule has 10 heteroatoms. The second-order valence-corrected chi connectivity index (χ2v) is 10.6. The molecule has 8 nitrogen and oxygen atoms in total. The van der Waals surface area contributed by atoms with Gasteiger partial charge >= 0.3 is 0 Å². The SMILES string of the molecule is C[C@@H](NC(=O)CN1CCN(S(=O)(=O)c2ccc3c(c2)OCCCO3)CC1)c1cccs1. The second-order valence-electron chi connectivity index (χ2n) is 7.64. The lowest BCUT2D eigenvalue weighted by atomic mass is 10.2. The summed E-state index contributed by atoms with van der Waals surface area (Å²) < 4.78 is 38.9. The molecule has 2 aliphatic heterocycles. The maximum atomic E-state index is 13.1. The Bertz CT molecular complexity index is 1000. The van der Waals surface area contributed by atoms with Crippen LogP contribution >= 0.6 is 11.3 Å². The highest BCUT2D eigenvalue weighted by atomic mass is 32.2. The van der Waals surface area contributed by atoms with Crippen LogP contribution in [0.15, 0.2) is 40.6 Å².